The van der Waals surface area contributed by atoms with Gasteiger partial charge in [-0.05, 0) is 45.0 Å². The third-order valence-corrected chi connectivity index (χ3v) is 4.45. The number of anilines is 1. The summed E-state index contributed by atoms with van der Waals surface area (Å²) in [4.78, 5) is 14.2. The number of hydrogen-bond acceptors (Lipinski definition) is 3. The second-order valence-electron chi connectivity index (χ2n) is 5.95. The lowest BCUT2D eigenvalue weighted by atomic mass is 9.97. The van der Waals surface area contributed by atoms with Gasteiger partial charge in [-0.3, -0.25) is 4.79 Å². The van der Waals surface area contributed by atoms with Crippen LogP contribution < -0.4 is 15.5 Å². The van der Waals surface area contributed by atoms with E-state index in [4.69, 9.17) is 11.6 Å². The van der Waals surface area contributed by atoms with E-state index in [-0.39, 0.29) is 11.9 Å². The highest BCUT2D eigenvalue weighted by Gasteiger charge is 2.37. The number of amides is 1. The molecular weight excluding hydrogens is 286 g/mol. The highest BCUT2D eigenvalue weighted by molar-refractivity contribution is 6.31. The molecule has 1 amide bonds. The van der Waals surface area contributed by atoms with E-state index < -0.39 is 5.54 Å². The monoisotopic (exact) mass is 309 g/mol. The van der Waals surface area contributed by atoms with Gasteiger partial charge in [-0.2, -0.15) is 0 Å². The number of carbonyl (C=O) groups is 1. The lowest BCUT2D eigenvalue weighted by molar-refractivity contribution is -0.126. The van der Waals surface area contributed by atoms with Crippen molar-refractivity contribution >= 4 is 23.2 Å². The molecule has 1 aromatic carbocycles. The molecule has 0 saturated carbocycles. The lowest BCUT2D eigenvalue weighted by Crippen LogP contribution is -2.62. The summed E-state index contributed by atoms with van der Waals surface area (Å²) in [6.07, 6.45) is 0. The van der Waals surface area contributed by atoms with Gasteiger partial charge in [0.25, 0.3) is 0 Å². The second kappa shape index (κ2) is 6.24. The Labute approximate surface area is 131 Å². The molecule has 1 atom stereocenters. The number of nitrogens with one attached hydrogen (secondary N) is 2. The van der Waals surface area contributed by atoms with Crippen molar-refractivity contribution in [3.63, 3.8) is 0 Å². The number of piperazine rings is 1. The van der Waals surface area contributed by atoms with Crippen molar-refractivity contribution in [3.05, 3.63) is 28.8 Å². The van der Waals surface area contributed by atoms with E-state index in [0.717, 1.165) is 29.4 Å². The molecule has 0 aliphatic carbocycles. The first-order valence-corrected chi connectivity index (χ1v) is 7.84. The molecule has 0 aromatic heterocycles. The smallest absolute Gasteiger partial charge is 0.245 e. The van der Waals surface area contributed by atoms with Crippen LogP contribution in [-0.2, 0) is 4.79 Å². The van der Waals surface area contributed by atoms with Crippen LogP contribution in [0.3, 0.4) is 0 Å². The average Bonchev–Trinajstić information content (AvgIpc) is 2.42. The molecule has 1 aromatic rings. The van der Waals surface area contributed by atoms with Gasteiger partial charge < -0.3 is 15.5 Å². The van der Waals surface area contributed by atoms with E-state index in [1.165, 1.54) is 0 Å². The molecule has 1 aliphatic heterocycles. The van der Waals surface area contributed by atoms with Crippen LogP contribution in [0.2, 0.25) is 5.02 Å². The summed E-state index contributed by atoms with van der Waals surface area (Å²) in [6.45, 7) is 10.4. The summed E-state index contributed by atoms with van der Waals surface area (Å²) in [5, 5.41) is 7.01. The van der Waals surface area contributed by atoms with Crippen LogP contribution in [0.5, 0.6) is 0 Å². The fraction of sp³-hybridized carbons (Fsp3) is 0.562. The Hall–Kier alpha value is -1.26. The molecule has 0 bridgehead atoms. The summed E-state index contributed by atoms with van der Waals surface area (Å²) in [6, 6.07) is 6.28. The largest absolute Gasteiger partial charge is 0.356 e. The molecule has 1 fully saturated rings. The maximum atomic E-state index is 12.0. The van der Waals surface area contributed by atoms with Gasteiger partial charge in [0.2, 0.25) is 5.91 Å². The molecular formula is C16H24ClN3O. The third kappa shape index (κ3) is 3.16. The fourth-order valence-corrected chi connectivity index (χ4v) is 3.14. The molecule has 4 nitrogen and oxygen atoms in total. The zero-order chi connectivity index (χ0) is 15.6. The molecule has 2 rings (SSSR count). The van der Waals surface area contributed by atoms with Crippen molar-refractivity contribution in [3.8, 4) is 0 Å². The molecule has 0 spiro atoms. The van der Waals surface area contributed by atoms with Gasteiger partial charge in [-0.1, -0.05) is 24.6 Å². The maximum Gasteiger partial charge on any atom is 0.245 e. The van der Waals surface area contributed by atoms with Crippen molar-refractivity contribution in [1.82, 2.24) is 10.6 Å². The summed E-state index contributed by atoms with van der Waals surface area (Å²) in [7, 11) is 0. The molecule has 2 N–H and O–H groups in total. The Kier molecular flexibility index (Phi) is 4.79. The van der Waals surface area contributed by atoms with Crippen LogP contribution in [0.25, 0.3) is 0 Å². The van der Waals surface area contributed by atoms with Crippen LogP contribution in [-0.4, -0.2) is 31.1 Å². The van der Waals surface area contributed by atoms with Crippen molar-refractivity contribution in [2.24, 2.45) is 0 Å². The molecule has 1 aliphatic rings. The summed E-state index contributed by atoms with van der Waals surface area (Å²) >= 11 is 6.44. The number of halogens is 1. The summed E-state index contributed by atoms with van der Waals surface area (Å²) in [5.74, 6) is 0.0509. The molecule has 1 unspecified atom stereocenters. The molecule has 5 heteroatoms. The quantitative estimate of drug-likeness (QED) is 0.899. The number of hydrogen-bond donors (Lipinski definition) is 2. The van der Waals surface area contributed by atoms with Gasteiger partial charge >= 0.3 is 0 Å². The van der Waals surface area contributed by atoms with Gasteiger partial charge in [0, 0.05) is 29.8 Å². The Morgan fingerprint density at radius 1 is 1.48 bits per heavy atom. The van der Waals surface area contributed by atoms with Crippen molar-refractivity contribution in [2.45, 2.75) is 39.3 Å². The highest BCUT2D eigenvalue weighted by atomic mass is 35.5. The van der Waals surface area contributed by atoms with Gasteiger partial charge in [-0.25, -0.2) is 0 Å². The van der Waals surface area contributed by atoms with E-state index in [2.05, 4.69) is 35.4 Å². The Balaban J connectivity index is 2.29. The van der Waals surface area contributed by atoms with Gasteiger partial charge in [-0.15, -0.1) is 0 Å². The van der Waals surface area contributed by atoms with E-state index in [1.54, 1.807) is 0 Å². The topological polar surface area (TPSA) is 44.4 Å². The first-order chi connectivity index (χ1) is 9.87. The van der Waals surface area contributed by atoms with Crippen molar-refractivity contribution in [1.29, 1.82) is 0 Å². The predicted molar refractivity (Wildman–Crippen MR) is 88.0 cm³/mol. The normalized spacial score (nSPS) is 19.3. The van der Waals surface area contributed by atoms with Gasteiger partial charge in [0.05, 0.1) is 0 Å². The fourth-order valence-electron chi connectivity index (χ4n) is 2.80. The molecule has 116 valence electrons. The van der Waals surface area contributed by atoms with Crippen molar-refractivity contribution in [2.75, 3.05) is 24.5 Å². The minimum absolute atomic E-state index is 0.0509. The maximum absolute atomic E-state index is 12.0. The minimum atomic E-state index is -0.559. The number of carbonyl (C=O) groups excluding carboxylic acids is 1. The van der Waals surface area contributed by atoms with E-state index in [9.17, 15) is 4.79 Å². The van der Waals surface area contributed by atoms with Crippen molar-refractivity contribution < 1.29 is 4.79 Å². The Bertz CT molecular complexity index is 530. The predicted octanol–water partition coefficient (Wildman–Crippen LogP) is 2.73. The van der Waals surface area contributed by atoms with Gasteiger partial charge in [0.1, 0.15) is 5.54 Å². The lowest BCUT2D eigenvalue weighted by Gasteiger charge is -2.43. The second-order valence-corrected chi connectivity index (χ2v) is 6.36. The van der Waals surface area contributed by atoms with Crippen LogP contribution in [0, 0.1) is 0 Å². The highest BCUT2D eigenvalue weighted by Crippen LogP contribution is 2.32. The van der Waals surface area contributed by atoms with E-state index in [0.29, 0.717) is 6.54 Å². The number of benzene rings is 1. The molecule has 0 radical (unpaired) electrons. The minimum Gasteiger partial charge on any atom is -0.356 e. The van der Waals surface area contributed by atoms with Crippen LogP contribution >= 0.6 is 11.6 Å². The molecule has 1 saturated heterocycles. The van der Waals surface area contributed by atoms with E-state index >= 15 is 0 Å². The van der Waals surface area contributed by atoms with Gasteiger partial charge in [0.15, 0.2) is 0 Å². The zero-order valence-electron chi connectivity index (χ0n) is 13.2. The summed E-state index contributed by atoms with van der Waals surface area (Å²) in [5.41, 5.74) is 1.52. The standard InChI is InChI=1S/C16H24ClN3O/c1-5-18-11(2)13-7-6-12(10-14(13)17)20-9-8-19-15(21)16(20,3)4/h6-7,10-11,18H,5,8-9H2,1-4H3,(H,19,21). The number of rotatable bonds is 4. The average molecular weight is 310 g/mol. The van der Waals surface area contributed by atoms with Crippen LogP contribution in [0.4, 0.5) is 5.69 Å². The first kappa shape index (κ1) is 16.1. The SMILES string of the molecule is CCNC(C)c1ccc(N2CCNC(=O)C2(C)C)cc1Cl. The molecule has 1 heterocycles. The third-order valence-electron chi connectivity index (χ3n) is 4.12. The Morgan fingerprint density at radius 2 is 2.19 bits per heavy atom. The van der Waals surface area contributed by atoms with Crippen LogP contribution in [0.15, 0.2) is 18.2 Å². The molecule has 21 heavy (non-hydrogen) atoms. The van der Waals surface area contributed by atoms with Crippen LogP contribution in [0.1, 0.15) is 39.3 Å². The zero-order valence-corrected chi connectivity index (χ0v) is 13.9. The number of nitrogens with zero attached hydrogens (tertiary/aromatic N) is 1. The first-order valence-electron chi connectivity index (χ1n) is 7.46. The summed E-state index contributed by atoms with van der Waals surface area (Å²) < 4.78 is 0. The van der Waals surface area contributed by atoms with E-state index in [1.807, 2.05) is 26.0 Å². The Morgan fingerprint density at radius 3 is 2.81 bits per heavy atom.